The molecule has 0 aromatic carbocycles. The second-order valence-electron chi connectivity index (χ2n) is 5.31. The number of rotatable bonds is 2. The van der Waals surface area contributed by atoms with Crippen molar-refractivity contribution in [1.82, 2.24) is 0 Å². The number of Topliss-reactive ketones (excluding diaryl/α,β-unsaturated/α-hetero) is 1. The zero-order valence-electron chi connectivity index (χ0n) is 9.12. The molecule has 2 heteroatoms. The third-order valence-electron chi connectivity index (χ3n) is 4.60. The molecule has 2 rings (SSSR count). The Morgan fingerprint density at radius 2 is 2.07 bits per heavy atom. The lowest BCUT2D eigenvalue weighted by molar-refractivity contribution is -0.159. The van der Waals surface area contributed by atoms with Crippen LogP contribution in [0.25, 0.3) is 0 Å². The van der Waals surface area contributed by atoms with Crippen molar-refractivity contribution in [3.05, 3.63) is 0 Å². The van der Waals surface area contributed by atoms with Crippen LogP contribution in [-0.2, 0) is 9.59 Å². The SMILES string of the molecule is CC(=O)[C@H]1[C@@H]2[C@H](C)CC[C@@H]2[C@@]1(C)C=O. The number of ketones is 1. The van der Waals surface area contributed by atoms with Gasteiger partial charge < -0.3 is 4.79 Å². The molecule has 0 aromatic rings. The summed E-state index contributed by atoms with van der Waals surface area (Å²) in [7, 11) is 0. The highest BCUT2D eigenvalue weighted by molar-refractivity contribution is 5.86. The monoisotopic (exact) mass is 194 g/mol. The number of fused-ring (bicyclic) bond motifs is 1. The number of hydrogen-bond acceptors (Lipinski definition) is 2. The van der Waals surface area contributed by atoms with Gasteiger partial charge in [0.05, 0.1) is 0 Å². The van der Waals surface area contributed by atoms with Gasteiger partial charge in [-0.3, -0.25) is 4.79 Å². The molecule has 14 heavy (non-hydrogen) atoms. The van der Waals surface area contributed by atoms with Gasteiger partial charge in [0, 0.05) is 11.3 Å². The van der Waals surface area contributed by atoms with Gasteiger partial charge in [0.1, 0.15) is 12.1 Å². The summed E-state index contributed by atoms with van der Waals surface area (Å²) in [6.07, 6.45) is 3.34. The van der Waals surface area contributed by atoms with Crippen LogP contribution in [0.3, 0.4) is 0 Å². The van der Waals surface area contributed by atoms with E-state index in [1.807, 2.05) is 6.92 Å². The van der Waals surface area contributed by atoms with Gasteiger partial charge in [0.2, 0.25) is 0 Å². The summed E-state index contributed by atoms with van der Waals surface area (Å²) in [6, 6.07) is 0. The molecular weight excluding hydrogens is 176 g/mol. The largest absolute Gasteiger partial charge is 0.303 e. The summed E-state index contributed by atoms with van der Waals surface area (Å²) in [5.41, 5.74) is -0.346. The van der Waals surface area contributed by atoms with Gasteiger partial charge >= 0.3 is 0 Å². The number of carbonyl (C=O) groups excluding carboxylic acids is 2. The zero-order chi connectivity index (χ0) is 10.5. The Morgan fingerprint density at radius 3 is 2.57 bits per heavy atom. The Bertz CT molecular complexity index is 284. The van der Waals surface area contributed by atoms with Gasteiger partial charge in [-0.05, 0) is 31.1 Å². The van der Waals surface area contributed by atoms with Crippen LogP contribution in [-0.4, -0.2) is 12.1 Å². The minimum absolute atomic E-state index is 0.00231. The van der Waals surface area contributed by atoms with Crippen LogP contribution >= 0.6 is 0 Å². The van der Waals surface area contributed by atoms with Crippen molar-refractivity contribution in [3.8, 4) is 0 Å². The van der Waals surface area contributed by atoms with Gasteiger partial charge in [-0.25, -0.2) is 0 Å². The van der Waals surface area contributed by atoms with Gasteiger partial charge in [-0.1, -0.05) is 20.3 Å². The van der Waals surface area contributed by atoms with Crippen LogP contribution < -0.4 is 0 Å². The van der Waals surface area contributed by atoms with E-state index in [0.717, 1.165) is 12.7 Å². The number of hydrogen-bond donors (Lipinski definition) is 0. The Balaban J connectivity index is 2.30. The fourth-order valence-electron chi connectivity index (χ4n) is 3.91. The topological polar surface area (TPSA) is 34.1 Å². The Hall–Kier alpha value is -0.660. The van der Waals surface area contributed by atoms with Crippen molar-refractivity contribution in [2.45, 2.75) is 33.6 Å². The number of carbonyl (C=O) groups is 2. The fraction of sp³-hybridized carbons (Fsp3) is 0.833. The highest BCUT2D eigenvalue weighted by Gasteiger charge is 2.64. The fourth-order valence-corrected chi connectivity index (χ4v) is 3.91. The molecule has 0 radical (unpaired) electrons. The first-order chi connectivity index (χ1) is 6.52. The minimum Gasteiger partial charge on any atom is -0.303 e. The molecule has 0 N–H and O–H groups in total. The molecule has 2 nitrogen and oxygen atoms in total. The summed E-state index contributed by atoms with van der Waals surface area (Å²) < 4.78 is 0. The van der Waals surface area contributed by atoms with Crippen molar-refractivity contribution < 1.29 is 9.59 Å². The molecule has 0 heterocycles. The quantitative estimate of drug-likeness (QED) is 0.631. The average molecular weight is 194 g/mol. The first kappa shape index (κ1) is 9.88. The van der Waals surface area contributed by atoms with E-state index in [-0.39, 0.29) is 17.1 Å². The highest BCUT2D eigenvalue weighted by atomic mass is 16.1. The van der Waals surface area contributed by atoms with Crippen molar-refractivity contribution in [2.75, 3.05) is 0 Å². The van der Waals surface area contributed by atoms with Crippen molar-refractivity contribution in [3.63, 3.8) is 0 Å². The van der Waals surface area contributed by atoms with Crippen LogP contribution in [0.4, 0.5) is 0 Å². The first-order valence-electron chi connectivity index (χ1n) is 5.49. The highest BCUT2D eigenvalue weighted by Crippen LogP contribution is 2.64. The van der Waals surface area contributed by atoms with Crippen molar-refractivity contribution in [2.24, 2.45) is 29.1 Å². The average Bonchev–Trinajstić information content (AvgIpc) is 2.43. The van der Waals surface area contributed by atoms with Crippen LogP contribution in [0.5, 0.6) is 0 Å². The molecule has 78 valence electrons. The molecule has 2 fully saturated rings. The second-order valence-corrected chi connectivity index (χ2v) is 5.31. The van der Waals surface area contributed by atoms with Crippen molar-refractivity contribution >= 4 is 12.1 Å². The third kappa shape index (κ3) is 0.971. The van der Waals surface area contributed by atoms with Crippen LogP contribution in [0.15, 0.2) is 0 Å². The van der Waals surface area contributed by atoms with Gasteiger partial charge in [-0.15, -0.1) is 0 Å². The van der Waals surface area contributed by atoms with Crippen LogP contribution in [0.1, 0.15) is 33.6 Å². The molecule has 0 bridgehead atoms. The minimum atomic E-state index is -0.346. The molecule has 0 unspecified atom stereocenters. The summed E-state index contributed by atoms with van der Waals surface area (Å²) in [5, 5.41) is 0. The van der Waals surface area contributed by atoms with Crippen LogP contribution in [0, 0.1) is 29.1 Å². The van der Waals surface area contributed by atoms with Gasteiger partial charge in [0.25, 0.3) is 0 Å². The predicted octanol–water partition coefficient (Wildman–Crippen LogP) is 2.07. The maximum atomic E-state index is 11.5. The smallest absolute Gasteiger partial charge is 0.134 e. The van der Waals surface area contributed by atoms with E-state index < -0.39 is 0 Å². The maximum absolute atomic E-state index is 11.5. The lowest BCUT2D eigenvalue weighted by atomic mass is 9.47. The lowest BCUT2D eigenvalue weighted by Gasteiger charge is -2.54. The van der Waals surface area contributed by atoms with Crippen LogP contribution in [0.2, 0.25) is 0 Å². The molecule has 2 aliphatic carbocycles. The van der Waals surface area contributed by atoms with E-state index in [2.05, 4.69) is 6.92 Å². The molecule has 0 aromatic heterocycles. The molecule has 2 aliphatic rings. The lowest BCUT2D eigenvalue weighted by Crippen LogP contribution is -2.58. The van der Waals surface area contributed by atoms with E-state index >= 15 is 0 Å². The molecule has 0 spiro atoms. The Labute approximate surface area is 85.1 Å². The Morgan fingerprint density at radius 1 is 1.43 bits per heavy atom. The van der Waals surface area contributed by atoms with Gasteiger partial charge in [-0.2, -0.15) is 0 Å². The summed E-state index contributed by atoms with van der Waals surface area (Å²) in [6.45, 7) is 5.81. The molecule has 5 atom stereocenters. The second kappa shape index (κ2) is 2.91. The zero-order valence-corrected chi connectivity index (χ0v) is 9.12. The first-order valence-corrected chi connectivity index (χ1v) is 5.49. The molecular formula is C12H18O2. The third-order valence-corrected chi connectivity index (χ3v) is 4.60. The molecule has 0 saturated heterocycles. The Kier molecular flexibility index (Phi) is 2.06. The van der Waals surface area contributed by atoms with E-state index in [0.29, 0.717) is 17.8 Å². The predicted molar refractivity (Wildman–Crippen MR) is 53.7 cm³/mol. The summed E-state index contributed by atoms with van der Waals surface area (Å²) >= 11 is 0. The van der Waals surface area contributed by atoms with E-state index in [9.17, 15) is 9.59 Å². The summed E-state index contributed by atoms with van der Waals surface area (Å²) in [5.74, 6) is 1.80. The summed E-state index contributed by atoms with van der Waals surface area (Å²) in [4.78, 5) is 22.7. The van der Waals surface area contributed by atoms with E-state index in [1.165, 1.54) is 6.42 Å². The van der Waals surface area contributed by atoms with E-state index in [4.69, 9.17) is 0 Å². The molecule has 0 amide bonds. The number of aldehydes is 1. The van der Waals surface area contributed by atoms with Crippen molar-refractivity contribution in [1.29, 1.82) is 0 Å². The maximum Gasteiger partial charge on any atom is 0.134 e. The molecule has 0 aliphatic heterocycles. The van der Waals surface area contributed by atoms with Gasteiger partial charge in [0.15, 0.2) is 0 Å². The van der Waals surface area contributed by atoms with E-state index in [1.54, 1.807) is 6.92 Å². The standard InChI is InChI=1S/C12H18O2/c1-7-4-5-9-10(7)11(8(2)14)12(9,3)6-13/h6-7,9-11H,4-5H2,1-3H3/t7-,9+,10-,11+,12-/m1/s1. The normalized spacial score (nSPS) is 50.8. The molecule has 2 saturated carbocycles.